The lowest BCUT2D eigenvalue weighted by molar-refractivity contribution is 0.0779. The molecule has 1 heterocycles. The van der Waals surface area contributed by atoms with Crippen molar-refractivity contribution in [2.75, 3.05) is 46.4 Å². The Morgan fingerprint density at radius 3 is 2.46 bits per heavy atom. The summed E-state index contributed by atoms with van der Waals surface area (Å²) in [5.74, 6) is 0.302. The van der Waals surface area contributed by atoms with Crippen LogP contribution < -0.4 is 0 Å². The lowest BCUT2D eigenvalue weighted by atomic mass is 9.96. The SMILES string of the molecule is Cc1ccc(-c2cccc(C(=O)N3CC(CO)C(CN(C)CCO)C3)c2)cc1. The number of hydrogen-bond donors (Lipinski definition) is 2. The monoisotopic (exact) mass is 382 g/mol. The maximum absolute atomic E-state index is 13.1. The Labute approximate surface area is 167 Å². The highest BCUT2D eigenvalue weighted by Crippen LogP contribution is 2.27. The molecule has 3 rings (SSSR count). The van der Waals surface area contributed by atoms with Crippen LogP contribution in [0.4, 0.5) is 0 Å². The summed E-state index contributed by atoms with van der Waals surface area (Å²) in [7, 11) is 1.96. The van der Waals surface area contributed by atoms with E-state index in [0.717, 1.165) is 17.7 Å². The van der Waals surface area contributed by atoms with Gasteiger partial charge in [0.05, 0.1) is 6.61 Å². The first kappa shape index (κ1) is 20.5. The van der Waals surface area contributed by atoms with Gasteiger partial charge in [0.1, 0.15) is 0 Å². The fourth-order valence-corrected chi connectivity index (χ4v) is 3.94. The van der Waals surface area contributed by atoms with Crippen LogP contribution in [0.5, 0.6) is 0 Å². The molecule has 150 valence electrons. The predicted octanol–water partition coefficient (Wildman–Crippen LogP) is 2.27. The zero-order valence-electron chi connectivity index (χ0n) is 16.7. The minimum absolute atomic E-state index is 0.0136. The van der Waals surface area contributed by atoms with Crippen molar-refractivity contribution < 1.29 is 15.0 Å². The van der Waals surface area contributed by atoms with Crippen molar-refractivity contribution in [3.63, 3.8) is 0 Å². The molecule has 1 fully saturated rings. The number of benzene rings is 2. The Morgan fingerprint density at radius 1 is 1.07 bits per heavy atom. The minimum atomic E-state index is 0.0136. The maximum atomic E-state index is 13.1. The fraction of sp³-hybridized carbons (Fsp3) is 0.435. The van der Waals surface area contributed by atoms with Crippen LogP contribution in [-0.4, -0.2) is 72.4 Å². The summed E-state index contributed by atoms with van der Waals surface area (Å²) in [6.07, 6.45) is 0. The highest BCUT2D eigenvalue weighted by Gasteiger charge is 2.35. The molecule has 1 saturated heterocycles. The van der Waals surface area contributed by atoms with Crippen LogP contribution in [0.15, 0.2) is 48.5 Å². The molecule has 2 atom stereocenters. The third kappa shape index (κ3) is 4.79. The molecule has 0 saturated carbocycles. The highest BCUT2D eigenvalue weighted by atomic mass is 16.3. The number of aliphatic hydroxyl groups excluding tert-OH is 2. The number of carbonyl (C=O) groups excluding carboxylic acids is 1. The second-order valence-corrected chi connectivity index (χ2v) is 7.85. The summed E-state index contributed by atoms with van der Waals surface area (Å²) < 4.78 is 0. The molecule has 1 amide bonds. The van der Waals surface area contributed by atoms with E-state index in [1.54, 1.807) is 0 Å². The third-order valence-corrected chi connectivity index (χ3v) is 5.62. The van der Waals surface area contributed by atoms with Crippen LogP contribution in [0.3, 0.4) is 0 Å². The van der Waals surface area contributed by atoms with Crippen LogP contribution in [-0.2, 0) is 0 Å². The zero-order chi connectivity index (χ0) is 20.1. The van der Waals surface area contributed by atoms with E-state index in [9.17, 15) is 9.90 Å². The van der Waals surface area contributed by atoms with Crippen molar-refractivity contribution in [2.45, 2.75) is 6.92 Å². The molecule has 0 aliphatic carbocycles. The molecule has 0 spiro atoms. The summed E-state index contributed by atoms with van der Waals surface area (Å²) in [4.78, 5) is 17.0. The molecule has 2 aromatic rings. The lowest BCUT2D eigenvalue weighted by Crippen LogP contribution is -2.33. The highest BCUT2D eigenvalue weighted by molar-refractivity contribution is 5.95. The number of likely N-dealkylation sites (N-methyl/N-ethyl adjacent to an activating group) is 1. The Kier molecular flexibility index (Phi) is 6.83. The van der Waals surface area contributed by atoms with Gasteiger partial charge in [-0.05, 0) is 43.1 Å². The molecule has 28 heavy (non-hydrogen) atoms. The van der Waals surface area contributed by atoms with Crippen molar-refractivity contribution in [2.24, 2.45) is 11.8 Å². The molecule has 0 aromatic heterocycles. The topological polar surface area (TPSA) is 64.0 Å². The first-order valence-electron chi connectivity index (χ1n) is 9.88. The zero-order valence-corrected chi connectivity index (χ0v) is 16.7. The average molecular weight is 383 g/mol. The number of hydrogen-bond acceptors (Lipinski definition) is 4. The Balaban J connectivity index is 1.73. The third-order valence-electron chi connectivity index (χ3n) is 5.62. The van der Waals surface area contributed by atoms with Crippen molar-refractivity contribution in [3.8, 4) is 11.1 Å². The second kappa shape index (κ2) is 9.32. The molecule has 1 aliphatic heterocycles. The molecule has 0 radical (unpaired) electrons. The molecule has 5 heteroatoms. The van der Waals surface area contributed by atoms with Gasteiger partial charge in [-0.25, -0.2) is 0 Å². The molecule has 0 bridgehead atoms. The number of nitrogens with zero attached hydrogens (tertiary/aromatic N) is 2. The summed E-state index contributed by atoms with van der Waals surface area (Å²) in [5, 5.41) is 18.9. The second-order valence-electron chi connectivity index (χ2n) is 7.85. The smallest absolute Gasteiger partial charge is 0.253 e. The quantitative estimate of drug-likeness (QED) is 0.771. The van der Waals surface area contributed by atoms with Gasteiger partial charge in [0.2, 0.25) is 0 Å². The Hall–Kier alpha value is -2.21. The van der Waals surface area contributed by atoms with Gasteiger partial charge in [0, 0.05) is 44.3 Å². The van der Waals surface area contributed by atoms with E-state index in [2.05, 4.69) is 36.1 Å². The summed E-state index contributed by atoms with van der Waals surface area (Å²) >= 11 is 0. The summed E-state index contributed by atoms with van der Waals surface area (Å²) in [5.41, 5.74) is 4.01. The summed E-state index contributed by atoms with van der Waals surface area (Å²) in [6, 6.07) is 16.1. The largest absolute Gasteiger partial charge is 0.396 e. The van der Waals surface area contributed by atoms with Gasteiger partial charge >= 0.3 is 0 Å². The van der Waals surface area contributed by atoms with E-state index >= 15 is 0 Å². The van der Waals surface area contributed by atoms with Crippen LogP contribution in [0.1, 0.15) is 15.9 Å². The number of rotatable bonds is 7. The van der Waals surface area contributed by atoms with Crippen molar-refractivity contribution >= 4 is 5.91 Å². The number of aliphatic hydroxyl groups is 2. The average Bonchev–Trinajstić information content (AvgIpc) is 3.11. The van der Waals surface area contributed by atoms with E-state index in [4.69, 9.17) is 5.11 Å². The normalized spacial score (nSPS) is 19.4. The molecule has 2 N–H and O–H groups in total. The Morgan fingerprint density at radius 2 is 1.79 bits per heavy atom. The van der Waals surface area contributed by atoms with Crippen molar-refractivity contribution in [1.29, 1.82) is 0 Å². The molecular formula is C23H30N2O3. The fourth-order valence-electron chi connectivity index (χ4n) is 3.94. The first-order valence-corrected chi connectivity index (χ1v) is 9.88. The number of carbonyl (C=O) groups is 1. The van der Waals surface area contributed by atoms with E-state index in [0.29, 0.717) is 25.2 Å². The maximum Gasteiger partial charge on any atom is 0.253 e. The minimum Gasteiger partial charge on any atom is -0.396 e. The first-order chi connectivity index (χ1) is 13.5. The summed E-state index contributed by atoms with van der Waals surface area (Å²) in [6.45, 7) is 4.81. The Bertz CT molecular complexity index is 791. The number of amides is 1. The van der Waals surface area contributed by atoms with Gasteiger partial charge in [-0.3, -0.25) is 4.79 Å². The van der Waals surface area contributed by atoms with Crippen LogP contribution in [0.2, 0.25) is 0 Å². The van der Waals surface area contributed by atoms with Gasteiger partial charge in [-0.15, -0.1) is 0 Å². The number of likely N-dealkylation sites (tertiary alicyclic amines) is 1. The van der Waals surface area contributed by atoms with Crippen LogP contribution in [0.25, 0.3) is 11.1 Å². The van der Waals surface area contributed by atoms with Gasteiger partial charge in [0.25, 0.3) is 5.91 Å². The van der Waals surface area contributed by atoms with E-state index in [1.807, 2.05) is 36.2 Å². The van der Waals surface area contributed by atoms with E-state index in [1.165, 1.54) is 5.56 Å². The van der Waals surface area contributed by atoms with Crippen LogP contribution in [0, 0.1) is 18.8 Å². The van der Waals surface area contributed by atoms with Gasteiger partial charge < -0.3 is 20.0 Å². The van der Waals surface area contributed by atoms with Crippen molar-refractivity contribution in [1.82, 2.24) is 9.80 Å². The molecule has 2 unspecified atom stereocenters. The van der Waals surface area contributed by atoms with E-state index < -0.39 is 0 Å². The van der Waals surface area contributed by atoms with E-state index in [-0.39, 0.29) is 31.0 Å². The number of aryl methyl sites for hydroxylation is 1. The van der Waals surface area contributed by atoms with Gasteiger partial charge in [0.15, 0.2) is 0 Å². The molecule has 5 nitrogen and oxygen atoms in total. The van der Waals surface area contributed by atoms with Gasteiger partial charge in [-0.1, -0.05) is 42.0 Å². The standard InChI is InChI=1S/C23H30N2O3/c1-17-6-8-18(9-7-17)19-4-3-5-20(12-19)23(28)25-14-21(22(15-25)16-27)13-24(2)10-11-26/h3-9,12,21-22,26-27H,10-11,13-16H2,1-2H3. The van der Waals surface area contributed by atoms with Crippen molar-refractivity contribution in [3.05, 3.63) is 59.7 Å². The van der Waals surface area contributed by atoms with Crippen LogP contribution >= 0.6 is 0 Å². The lowest BCUT2D eigenvalue weighted by Gasteiger charge is -2.23. The molecule has 1 aliphatic rings. The molecular weight excluding hydrogens is 352 g/mol. The molecule has 2 aromatic carbocycles. The predicted molar refractivity (Wildman–Crippen MR) is 111 cm³/mol. The van der Waals surface area contributed by atoms with Gasteiger partial charge in [-0.2, -0.15) is 0 Å².